The van der Waals surface area contributed by atoms with Crippen LogP contribution in [0.3, 0.4) is 0 Å². The molecular weight excluding hydrogens is 320 g/mol. The summed E-state index contributed by atoms with van der Waals surface area (Å²) in [5, 5.41) is 6.46. The Hall–Kier alpha value is -2.54. The summed E-state index contributed by atoms with van der Waals surface area (Å²) in [5.41, 5.74) is 0. The quantitative estimate of drug-likeness (QED) is 0.677. The van der Waals surface area contributed by atoms with Gasteiger partial charge in [-0.2, -0.15) is 4.98 Å². The lowest BCUT2D eigenvalue weighted by atomic mass is 10.2. The molecule has 3 rings (SSSR count). The number of nitrogens with one attached hydrogen (secondary N) is 2. The number of hydrogen-bond donors (Lipinski definition) is 2. The molecule has 0 aliphatic carbocycles. The van der Waals surface area contributed by atoms with Crippen molar-refractivity contribution in [3.8, 4) is 11.5 Å². The molecule has 2 aromatic rings. The second-order valence-corrected chi connectivity index (χ2v) is 5.73. The molecule has 0 saturated carbocycles. The van der Waals surface area contributed by atoms with Gasteiger partial charge in [0.05, 0.1) is 19.8 Å². The van der Waals surface area contributed by atoms with Crippen molar-refractivity contribution in [1.82, 2.24) is 9.97 Å². The Balaban J connectivity index is 1.39. The Morgan fingerprint density at radius 2 is 2.00 bits per heavy atom. The molecule has 1 atom stereocenters. The van der Waals surface area contributed by atoms with Gasteiger partial charge in [0, 0.05) is 19.3 Å². The molecule has 1 fully saturated rings. The highest BCUT2D eigenvalue weighted by molar-refractivity contribution is 5.39. The van der Waals surface area contributed by atoms with Crippen LogP contribution in [0.25, 0.3) is 0 Å². The topological polar surface area (TPSA) is 77.5 Å². The predicted molar refractivity (Wildman–Crippen MR) is 96.5 cm³/mol. The molecule has 7 heteroatoms. The molecule has 2 N–H and O–H groups in total. The summed E-state index contributed by atoms with van der Waals surface area (Å²) in [6, 6.07) is 9.36. The largest absolute Gasteiger partial charge is 0.497 e. The Kier molecular flexibility index (Phi) is 6.28. The van der Waals surface area contributed by atoms with Crippen molar-refractivity contribution in [3.63, 3.8) is 0 Å². The highest BCUT2D eigenvalue weighted by Gasteiger charge is 2.15. The van der Waals surface area contributed by atoms with E-state index in [4.69, 9.17) is 14.2 Å². The maximum atomic E-state index is 5.67. The summed E-state index contributed by atoms with van der Waals surface area (Å²) in [4.78, 5) is 8.66. The maximum absolute atomic E-state index is 5.67. The van der Waals surface area contributed by atoms with Gasteiger partial charge in [0.1, 0.15) is 23.9 Å². The zero-order chi connectivity index (χ0) is 17.3. The average Bonchev–Trinajstić information content (AvgIpc) is 3.18. The van der Waals surface area contributed by atoms with Crippen LogP contribution in [0, 0.1) is 0 Å². The monoisotopic (exact) mass is 344 g/mol. The van der Waals surface area contributed by atoms with Crippen LogP contribution in [0.15, 0.2) is 36.5 Å². The van der Waals surface area contributed by atoms with Gasteiger partial charge in [0.25, 0.3) is 0 Å². The van der Waals surface area contributed by atoms with Crippen molar-refractivity contribution in [1.29, 1.82) is 0 Å². The van der Waals surface area contributed by atoms with Gasteiger partial charge >= 0.3 is 0 Å². The minimum Gasteiger partial charge on any atom is -0.497 e. The van der Waals surface area contributed by atoms with E-state index in [-0.39, 0.29) is 6.10 Å². The number of ether oxygens (including phenoxy) is 3. The number of methoxy groups -OCH3 is 1. The second kappa shape index (κ2) is 9.08. The van der Waals surface area contributed by atoms with E-state index in [0.717, 1.165) is 43.3 Å². The first kappa shape index (κ1) is 17.3. The number of benzene rings is 1. The Morgan fingerprint density at radius 1 is 1.16 bits per heavy atom. The summed E-state index contributed by atoms with van der Waals surface area (Å²) in [5.74, 6) is 2.99. The molecule has 1 saturated heterocycles. The lowest BCUT2D eigenvalue weighted by molar-refractivity contribution is 0.120. The Labute approximate surface area is 147 Å². The highest BCUT2D eigenvalue weighted by atomic mass is 16.5. The molecular formula is C18H24N4O3. The van der Waals surface area contributed by atoms with Crippen LogP contribution >= 0.6 is 0 Å². The minimum absolute atomic E-state index is 0.282. The van der Waals surface area contributed by atoms with Crippen LogP contribution in [0.4, 0.5) is 11.8 Å². The molecule has 0 spiro atoms. The van der Waals surface area contributed by atoms with E-state index in [2.05, 4.69) is 20.6 Å². The molecule has 134 valence electrons. The summed E-state index contributed by atoms with van der Waals surface area (Å²) < 4.78 is 16.4. The molecule has 2 heterocycles. The van der Waals surface area contributed by atoms with E-state index in [1.807, 2.05) is 30.3 Å². The van der Waals surface area contributed by atoms with Gasteiger partial charge in [-0.15, -0.1) is 0 Å². The van der Waals surface area contributed by atoms with Gasteiger partial charge in [-0.25, -0.2) is 4.98 Å². The van der Waals surface area contributed by atoms with Gasteiger partial charge in [0.2, 0.25) is 5.95 Å². The third-order valence-electron chi connectivity index (χ3n) is 3.90. The molecule has 25 heavy (non-hydrogen) atoms. The lowest BCUT2D eigenvalue weighted by Crippen LogP contribution is -2.19. The number of nitrogens with zero attached hydrogens (tertiary/aromatic N) is 2. The smallest absolute Gasteiger partial charge is 0.224 e. The standard InChI is InChI=1S/C18H24N4O3/c1-23-14-4-6-15(7-5-14)25-12-10-20-18-19-9-8-17(22-18)21-13-16-3-2-11-24-16/h4-9,16H,2-3,10-13H2,1H3,(H2,19,20,21,22). The molecule has 7 nitrogen and oxygen atoms in total. The van der Waals surface area contributed by atoms with Crippen molar-refractivity contribution in [2.45, 2.75) is 18.9 Å². The van der Waals surface area contributed by atoms with E-state index < -0.39 is 0 Å². The first-order valence-electron chi connectivity index (χ1n) is 8.53. The van der Waals surface area contributed by atoms with Crippen molar-refractivity contribution in [2.75, 3.05) is 44.0 Å². The zero-order valence-electron chi connectivity index (χ0n) is 14.4. The van der Waals surface area contributed by atoms with E-state index >= 15 is 0 Å². The number of rotatable bonds is 9. The van der Waals surface area contributed by atoms with Gasteiger partial charge < -0.3 is 24.8 Å². The van der Waals surface area contributed by atoms with Gasteiger partial charge in [-0.1, -0.05) is 0 Å². The molecule has 1 aliphatic rings. The van der Waals surface area contributed by atoms with E-state index in [0.29, 0.717) is 19.1 Å². The van der Waals surface area contributed by atoms with Crippen molar-refractivity contribution in [2.24, 2.45) is 0 Å². The average molecular weight is 344 g/mol. The van der Waals surface area contributed by atoms with Crippen molar-refractivity contribution in [3.05, 3.63) is 36.5 Å². The minimum atomic E-state index is 0.282. The van der Waals surface area contributed by atoms with Gasteiger partial charge in [0.15, 0.2) is 0 Å². The predicted octanol–water partition coefficient (Wildman–Crippen LogP) is 2.57. The molecule has 1 unspecified atom stereocenters. The Bertz CT molecular complexity index is 645. The second-order valence-electron chi connectivity index (χ2n) is 5.73. The summed E-state index contributed by atoms with van der Waals surface area (Å²) in [6.07, 6.45) is 4.25. The van der Waals surface area contributed by atoms with Crippen LogP contribution in [0.1, 0.15) is 12.8 Å². The third kappa shape index (κ3) is 5.49. The zero-order valence-corrected chi connectivity index (χ0v) is 14.4. The van der Waals surface area contributed by atoms with Crippen LogP contribution in [0.2, 0.25) is 0 Å². The number of anilines is 2. The number of aromatic nitrogens is 2. The molecule has 1 aromatic carbocycles. The SMILES string of the molecule is COc1ccc(OCCNc2nccc(NCC3CCCO3)n2)cc1. The molecule has 1 aliphatic heterocycles. The maximum Gasteiger partial charge on any atom is 0.224 e. The van der Waals surface area contributed by atoms with Crippen LogP contribution in [-0.2, 0) is 4.74 Å². The lowest BCUT2D eigenvalue weighted by Gasteiger charge is -2.12. The van der Waals surface area contributed by atoms with Crippen LogP contribution in [0.5, 0.6) is 11.5 Å². The van der Waals surface area contributed by atoms with Crippen LogP contribution < -0.4 is 20.1 Å². The van der Waals surface area contributed by atoms with Crippen molar-refractivity contribution < 1.29 is 14.2 Å². The Morgan fingerprint density at radius 3 is 2.76 bits per heavy atom. The molecule has 0 amide bonds. The van der Waals surface area contributed by atoms with Gasteiger partial charge in [-0.05, 0) is 43.2 Å². The molecule has 0 bridgehead atoms. The summed E-state index contributed by atoms with van der Waals surface area (Å²) in [7, 11) is 1.64. The van der Waals surface area contributed by atoms with E-state index in [1.54, 1.807) is 13.3 Å². The summed E-state index contributed by atoms with van der Waals surface area (Å²) in [6.45, 7) is 2.76. The van der Waals surface area contributed by atoms with Crippen molar-refractivity contribution >= 4 is 11.8 Å². The normalized spacial score (nSPS) is 16.4. The first-order valence-corrected chi connectivity index (χ1v) is 8.53. The first-order chi connectivity index (χ1) is 12.3. The van der Waals surface area contributed by atoms with Crippen LogP contribution in [-0.4, -0.2) is 49.5 Å². The fraction of sp³-hybridized carbons (Fsp3) is 0.444. The summed E-state index contributed by atoms with van der Waals surface area (Å²) >= 11 is 0. The molecule has 0 radical (unpaired) electrons. The van der Waals surface area contributed by atoms with E-state index in [9.17, 15) is 0 Å². The fourth-order valence-corrected chi connectivity index (χ4v) is 2.57. The number of hydrogen-bond acceptors (Lipinski definition) is 7. The van der Waals surface area contributed by atoms with Gasteiger partial charge in [-0.3, -0.25) is 0 Å². The third-order valence-corrected chi connectivity index (χ3v) is 3.90. The fourth-order valence-electron chi connectivity index (χ4n) is 2.57. The highest BCUT2D eigenvalue weighted by Crippen LogP contribution is 2.17. The molecule has 1 aromatic heterocycles. The van der Waals surface area contributed by atoms with E-state index in [1.165, 1.54) is 0 Å².